The highest BCUT2D eigenvalue weighted by Gasteiger charge is 2.17. The van der Waals surface area contributed by atoms with Crippen LogP contribution in [0.15, 0.2) is 6.20 Å². The van der Waals surface area contributed by atoms with Crippen LogP contribution in [-0.4, -0.2) is 23.3 Å². The third-order valence-corrected chi connectivity index (χ3v) is 4.81. The minimum Gasteiger partial charge on any atom is -0.496 e. The van der Waals surface area contributed by atoms with Gasteiger partial charge in [0.2, 0.25) is 0 Å². The Morgan fingerprint density at radius 3 is 2.67 bits per heavy atom. The third-order valence-electron chi connectivity index (χ3n) is 4.81. The molecule has 3 nitrogen and oxygen atoms in total. The molecule has 2 rings (SSSR count). The molecule has 1 atom stereocenters. The first kappa shape index (κ1) is 16.3. The minimum absolute atomic E-state index is 0.287. The summed E-state index contributed by atoms with van der Waals surface area (Å²) in [5, 5.41) is 10.3. The number of hydrogen-bond donors (Lipinski definition) is 1. The molecule has 0 saturated heterocycles. The van der Waals surface area contributed by atoms with Crippen LogP contribution in [0, 0.1) is 19.8 Å². The summed E-state index contributed by atoms with van der Waals surface area (Å²) in [5.41, 5.74) is 3.08. The zero-order valence-corrected chi connectivity index (χ0v) is 13.7. The molecular weight excluding hydrogens is 262 g/mol. The first-order valence-corrected chi connectivity index (χ1v) is 8.29. The number of ether oxygens (including phenoxy) is 1. The van der Waals surface area contributed by atoms with Crippen LogP contribution >= 0.6 is 0 Å². The Bertz CT molecular complexity index is 453. The van der Waals surface area contributed by atoms with E-state index in [0.29, 0.717) is 6.42 Å². The molecule has 1 heterocycles. The summed E-state index contributed by atoms with van der Waals surface area (Å²) in [6, 6.07) is 0. The molecule has 1 fully saturated rings. The van der Waals surface area contributed by atoms with Crippen LogP contribution in [0.25, 0.3) is 0 Å². The van der Waals surface area contributed by atoms with E-state index in [9.17, 15) is 5.11 Å². The van der Waals surface area contributed by atoms with Crippen LogP contribution in [0.4, 0.5) is 0 Å². The van der Waals surface area contributed by atoms with Crippen LogP contribution in [-0.2, 0) is 6.42 Å². The van der Waals surface area contributed by atoms with Crippen molar-refractivity contribution in [3.05, 3.63) is 23.0 Å². The van der Waals surface area contributed by atoms with E-state index in [-0.39, 0.29) is 6.10 Å². The largest absolute Gasteiger partial charge is 0.496 e. The fourth-order valence-electron chi connectivity index (χ4n) is 3.51. The lowest BCUT2D eigenvalue weighted by Crippen LogP contribution is -2.16. The lowest BCUT2D eigenvalue weighted by Gasteiger charge is -2.22. The fourth-order valence-corrected chi connectivity index (χ4v) is 3.51. The van der Waals surface area contributed by atoms with E-state index >= 15 is 0 Å². The first-order valence-electron chi connectivity index (χ1n) is 8.29. The van der Waals surface area contributed by atoms with E-state index in [4.69, 9.17) is 4.74 Å². The third kappa shape index (κ3) is 4.44. The highest BCUT2D eigenvalue weighted by molar-refractivity contribution is 5.41. The van der Waals surface area contributed by atoms with Crippen molar-refractivity contribution >= 4 is 0 Å². The Hall–Kier alpha value is -1.09. The maximum absolute atomic E-state index is 10.3. The van der Waals surface area contributed by atoms with Crippen molar-refractivity contribution in [3.63, 3.8) is 0 Å². The second-order valence-electron chi connectivity index (χ2n) is 6.49. The van der Waals surface area contributed by atoms with Crippen molar-refractivity contribution < 1.29 is 9.84 Å². The van der Waals surface area contributed by atoms with Gasteiger partial charge in [-0.25, -0.2) is 0 Å². The molecule has 1 unspecified atom stereocenters. The van der Waals surface area contributed by atoms with Crippen molar-refractivity contribution in [1.82, 2.24) is 4.98 Å². The van der Waals surface area contributed by atoms with Crippen molar-refractivity contribution in [1.29, 1.82) is 0 Å². The molecule has 0 amide bonds. The Balaban J connectivity index is 1.88. The van der Waals surface area contributed by atoms with Gasteiger partial charge in [0.05, 0.1) is 13.2 Å². The number of rotatable bonds is 6. The first-order chi connectivity index (χ1) is 10.1. The topological polar surface area (TPSA) is 42.4 Å². The number of hydrogen-bond acceptors (Lipinski definition) is 3. The van der Waals surface area contributed by atoms with Gasteiger partial charge in [-0.1, -0.05) is 32.1 Å². The SMILES string of the molecule is COc1c(C)cnc(CC(O)CCC2CCCCC2)c1C. The maximum Gasteiger partial charge on any atom is 0.128 e. The number of aliphatic hydroxyl groups is 1. The Morgan fingerprint density at radius 2 is 2.00 bits per heavy atom. The normalized spacial score (nSPS) is 17.7. The number of aryl methyl sites for hydroxylation is 1. The number of aliphatic hydroxyl groups excluding tert-OH is 1. The average Bonchev–Trinajstić information content (AvgIpc) is 2.50. The van der Waals surface area contributed by atoms with Gasteiger partial charge in [0, 0.05) is 29.4 Å². The van der Waals surface area contributed by atoms with E-state index in [1.165, 1.54) is 32.1 Å². The van der Waals surface area contributed by atoms with E-state index in [2.05, 4.69) is 4.98 Å². The van der Waals surface area contributed by atoms with Crippen molar-refractivity contribution in [3.8, 4) is 5.75 Å². The summed E-state index contributed by atoms with van der Waals surface area (Å²) in [5.74, 6) is 1.73. The van der Waals surface area contributed by atoms with Crippen molar-refractivity contribution in [2.24, 2.45) is 5.92 Å². The van der Waals surface area contributed by atoms with Gasteiger partial charge >= 0.3 is 0 Å². The monoisotopic (exact) mass is 291 g/mol. The summed E-state index contributed by atoms with van der Waals surface area (Å²) < 4.78 is 5.43. The summed E-state index contributed by atoms with van der Waals surface area (Å²) >= 11 is 0. The summed E-state index contributed by atoms with van der Waals surface area (Å²) in [4.78, 5) is 4.48. The summed E-state index contributed by atoms with van der Waals surface area (Å²) in [7, 11) is 1.69. The van der Waals surface area contributed by atoms with Crippen molar-refractivity contribution in [2.45, 2.75) is 71.3 Å². The lowest BCUT2D eigenvalue weighted by molar-refractivity contribution is 0.148. The lowest BCUT2D eigenvalue weighted by atomic mass is 9.85. The fraction of sp³-hybridized carbons (Fsp3) is 0.722. The van der Waals surface area contributed by atoms with Crippen LogP contribution < -0.4 is 4.74 Å². The molecule has 0 radical (unpaired) electrons. The zero-order valence-electron chi connectivity index (χ0n) is 13.7. The molecule has 1 saturated carbocycles. The molecule has 118 valence electrons. The summed E-state index contributed by atoms with van der Waals surface area (Å²) in [6.45, 7) is 4.03. The Kier molecular flexibility index (Phi) is 6.04. The highest BCUT2D eigenvalue weighted by Crippen LogP contribution is 2.29. The smallest absolute Gasteiger partial charge is 0.128 e. The van der Waals surface area contributed by atoms with Gasteiger partial charge in [-0.3, -0.25) is 4.98 Å². The molecule has 0 bridgehead atoms. The van der Waals surface area contributed by atoms with Crippen LogP contribution in [0.3, 0.4) is 0 Å². The molecule has 0 aromatic carbocycles. The molecule has 0 aliphatic heterocycles. The Morgan fingerprint density at radius 1 is 1.29 bits per heavy atom. The van der Waals surface area contributed by atoms with Gasteiger partial charge in [0.25, 0.3) is 0 Å². The molecular formula is C18H29NO2. The van der Waals surface area contributed by atoms with Gasteiger partial charge in [0.15, 0.2) is 0 Å². The second kappa shape index (κ2) is 7.79. The number of methoxy groups -OCH3 is 1. The van der Waals surface area contributed by atoms with Crippen molar-refractivity contribution in [2.75, 3.05) is 7.11 Å². The quantitative estimate of drug-likeness (QED) is 0.862. The molecule has 0 spiro atoms. The van der Waals surface area contributed by atoms with E-state index in [1.807, 2.05) is 20.0 Å². The molecule has 1 N–H and O–H groups in total. The number of nitrogens with zero attached hydrogens (tertiary/aromatic N) is 1. The molecule has 1 aliphatic carbocycles. The summed E-state index contributed by atoms with van der Waals surface area (Å²) in [6.07, 6.45) is 11.1. The van der Waals surface area contributed by atoms with Crippen LogP contribution in [0.2, 0.25) is 0 Å². The second-order valence-corrected chi connectivity index (χ2v) is 6.49. The standard InChI is InChI=1S/C18H29NO2/c1-13-12-19-17(14(2)18(13)21-3)11-16(20)10-9-15-7-5-4-6-8-15/h12,15-16,20H,4-11H2,1-3H3. The molecule has 1 aliphatic rings. The van der Waals surface area contributed by atoms with Gasteiger partial charge in [-0.2, -0.15) is 0 Å². The molecule has 1 aromatic heterocycles. The molecule has 1 aromatic rings. The molecule has 21 heavy (non-hydrogen) atoms. The molecule has 3 heteroatoms. The van der Waals surface area contributed by atoms with Gasteiger partial charge in [0.1, 0.15) is 5.75 Å². The average molecular weight is 291 g/mol. The Labute approximate surface area is 128 Å². The zero-order chi connectivity index (χ0) is 15.2. The van der Waals surface area contributed by atoms with Gasteiger partial charge in [-0.15, -0.1) is 0 Å². The predicted octanol–water partition coefficient (Wildman–Crippen LogP) is 3.97. The highest BCUT2D eigenvalue weighted by atomic mass is 16.5. The predicted molar refractivity (Wildman–Crippen MR) is 85.8 cm³/mol. The maximum atomic E-state index is 10.3. The van der Waals surface area contributed by atoms with Crippen LogP contribution in [0.5, 0.6) is 5.75 Å². The van der Waals surface area contributed by atoms with Crippen LogP contribution in [0.1, 0.15) is 61.8 Å². The van der Waals surface area contributed by atoms with E-state index < -0.39 is 0 Å². The van der Waals surface area contributed by atoms with E-state index in [0.717, 1.165) is 41.3 Å². The number of aromatic nitrogens is 1. The van der Waals surface area contributed by atoms with Gasteiger partial charge in [-0.05, 0) is 32.6 Å². The number of pyridine rings is 1. The van der Waals surface area contributed by atoms with E-state index in [1.54, 1.807) is 7.11 Å². The minimum atomic E-state index is -0.287. The van der Waals surface area contributed by atoms with Gasteiger partial charge < -0.3 is 9.84 Å².